The van der Waals surface area contributed by atoms with Crippen molar-refractivity contribution in [1.29, 1.82) is 0 Å². The van der Waals surface area contributed by atoms with Crippen LogP contribution in [0.3, 0.4) is 0 Å². The van der Waals surface area contributed by atoms with E-state index in [-0.39, 0.29) is 31.0 Å². The summed E-state index contributed by atoms with van der Waals surface area (Å²) >= 11 is 0. The maximum Gasteiger partial charge on any atom is 0.414 e. The van der Waals surface area contributed by atoms with Crippen LogP contribution in [0.15, 0.2) is 48.5 Å². The first-order valence-electron chi connectivity index (χ1n) is 12.2. The van der Waals surface area contributed by atoms with E-state index in [2.05, 4.69) is 5.32 Å². The van der Waals surface area contributed by atoms with Crippen LogP contribution in [-0.4, -0.2) is 41.1 Å². The summed E-state index contributed by atoms with van der Waals surface area (Å²) in [5.74, 6) is -2.42. The predicted octanol–water partition coefficient (Wildman–Crippen LogP) is 4.40. The van der Waals surface area contributed by atoms with Gasteiger partial charge in [0.1, 0.15) is 24.2 Å². The Hall–Kier alpha value is -3.26. The third-order valence-electron chi connectivity index (χ3n) is 7.64. The smallest absolute Gasteiger partial charge is 0.414 e. The first-order valence-corrected chi connectivity index (χ1v) is 12.2. The highest BCUT2D eigenvalue weighted by Crippen LogP contribution is 2.54. The number of aliphatic carboxylic acids is 1. The Kier molecular flexibility index (Phi) is 6.32. The fourth-order valence-corrected chi connectivity index (χ4v) is 6.01. The molecule has 2 fully saturated rings. The lowest BCUT2D eigenvalue weighted by molar-refractivity contribution is -0.148. The summed E-state index contributed by atoms with van der Waals surface area (Å²) in [7, 11) is 0. The summed E-state index contributed by atoms with van der Waals surface area (Å²) in [6.07, 6.45) is 3.71. The number of carbonyl (C=O) groups is 3. The van der Waals surface area contributed by atoms with E-state index < -0.39 is 29.3 Å². The minimum absolute atomic E-state index is 0.0312. The lowest BCUT2D eigenvalue weighted by atomic mass is 9.65. The van der Waals surface area contributed by atoms with Crippen LogP contribution in [0, 0.1) is 11.7 Å². The van der Waals surface area contributed by atoms with Gasteiger partial charge in [0, 0.05) is 24.4 Å². The Morgan fingerprint density at radius 3 is 2.60 bits per heavy atom. The number of nitrogens with zero attached hydrogens (tertiary/aromatic N) is 1. The molecule has 2 N–H and O–H groups in total. The highest BCUT2D eigenvalue weighted by molar-refractivity contribution is 5.92. The van der Waals surface area contributed by atoms with Gasteiger partial charge in [-0.05, 0) is 54.9 Å². The van der Waals surface area contributed by atoms with Crippen molar-refractivity contribution in [3.8, 4) is 0 Å². The van der Waals surface area contributed by atoms with E-state index in [4.69, 9.17) is 4.74 Å². The number of aldehydes is 1. The Bertz CT molecular complexity index is 1120. The van der Waals surface area contributed by atoms with Crippen molar-refractivity contribution in [3.63, 3.8) is 0 Å². The van der Waals surface area contributed by atoms with Gasteiger partial charge in [0.05, 0.1) is 5.69 Å². The maximum absolute atomic E-state index is 14.5. The van der Waals surface area contributed by atoms with Gasteiger partial charge < -0.3 is 14.6 Å². The summed E-state index contributed by atoms with van der Waals surface area (Å²) in [6.45, 7) is 0.0785. The number of hydrogen-bond donors (Lipinski definition) is 2. The van der Waals surface area contributed by atoms with Crippen molar-refractivity contribution >= 4 is 24.0 Å². The molecule has 4 atom stereocenters. The number of amides is 1. The number of carbonyl (C=O) groups excluding carboxylic acids is 2. The van der Waals surface area contributed by atoms with E-state index in [9.17, 15) is 23.9 Å². The topological polar surface area (TPSA) is 95.9 Å². The van der Waals surface area contributed by atoms with Gasteiger partial charge in [-0.2, -0.15) is 0 Å². The molecule has 184 valence electrons. The van der Waals surface area contributed by atoms with Crippen LogP contribution in [0.1, 0.15) is 55.6 Å². The van der Waals surface area contributed by atoms with Crippen LogP contribution in [0.2, 0.25) is 0 Å². The van der Waals surface area contributed by atoms with Crippen LogP contribution >= 0.6 is 0 Å². The van der Waals surface area contributed by atoms with Crippen molar-refractivity contribution in [3.05, 3.63) is 65.5 Å². The molecule has 2 aromatic rings. The standard InChI is InChI=1S/C27H29FN2O5/c28-18-9-12-21-23(15-18)30(26(34)35-16-17-5-2-1-3-6-17)22-8-4-7-20(22)24(21)27(13-14-31,25(32)33)29-19-10-11-19/h1-3,5-6,9,12,14-15,19-20,22,24,29H,4,7-8,10-11,13,16H2,(H,32,33)/t20-,22+,24?,27?/m0/s1. The predicted molar refractivity (Wildman–Crippen MR) is 127 cm³/mol. The van der Waals surface area contributed by atoms with Crippen LogP contribution in [-0.2, 0) is 20.9 Å². The SMILES string of the molecule is O=CCC(NC1CC1)(C(=O)O)C1c2ccc(F)cc2N(C(=O)OCc2ccccc2)[C@@H]2CCC[C@H]12. The number of hydrogen-bond acceptors (Lipinski definition) is 5. The first-order chi connectivity index (χ1) is 16.9. The zero-order valence-electron chi connectivity index (χ0n) is 19.4. The Morgan fingerprint density at radius 1 is 1.14 bits per heavy atom. The van der Waals surface area contributed by atoms with Gasteiger partial charge in [0.2, 0.25) is 0 Å². The minimum Gasteiger partial charge on any atom is -0.480 e. The number of halogens is 1. The van der Waals surface area contributed by atoms with Crippen molar-refractivity contribution < 1.29 is 28.6 Å². The molecule has 35 heavy (non-hydrogen) atoms. The van der Waals surface area contributed by atoms with E-state index >= 15 is 0 Å². The molecule has 3 aliphatic rings. The van der Waals surface area contributed by atoms with Gasteiger partial charge in [-0.3, -0.25) is 15.0 Å². The summed E-state index contributed by atoms with van der Waals surface area (Å²) in [6, 6.07) is 13.1. The molecule has 5 rings (SSSR count). The number of rotatable bonds is 8. The first kappa shape index (κ1) is 23.5. The molecule has 8 heteroatoms. The van der Waals surface area contributed by atoms with Gasteiger partial charge >= 0.3 is 12.1 Å². The van der Waals surface area contributed by atoms with E-state index in [0.717, 1.165) is 24.8 Å². The summed E-state index contributed by atoms with van der Waals surface area (Å²) in [5, 5.41) is 13.7. The summed E-state index contributed by atoms with van der Waals surface area (Å²) in [5.41, 5.74) is 0.194. The van der Waals surface area contributed by atoms with Crippen molar-refractivity contribution in [1.82, 2.24) is 5.32 Å². The fraction of sp³-hybridized carbons (Fsp3) is 0.444. The number of benzene rings is 2. The number of carboxylic acid groups (broad SMARTS) is 1. The molecular formula is C27H29FN2O5. The molecule has 1 amide bonds. The van der Waals surface area contributed by atoms with E-state index in [1.165, 1.54) is 17.0 Å². The Morgan fingerprint density at radius 2 is 1.91 bits per heavy atom. The third-order valence-corrected chi connectivity index (χ3v) is 7.64. The van der Waals surface area contributed by atoms with Gasteiger partial charge in [-0.15, -0.1) is 0 Å². The van der Waals surface area contributed by atoms with Gasteiger partial charge in [-0.1, -0.05) is 42.8 Å². The molecule has 0 aromatic heterocycles. The molecule has 1 heterocycles. The zero-order valence-corrected chi connectivity index (χ0v) is 19.4. The molecular weight excluding hydrogens is 451 g/mol. The highest BCUT2D eigenvalue weighted by atomic mass is 19.1. The molecule has 7 nitrogen and oxygen atoms in total. The zero-order chi connectivity index (χ0) is 24.6. The van der Waals surface area contributed by atoms with Gasteiger partial charge in [0.15, 0.2) is 0 Å². The number of ether oxygens (including phenoxy) is 1. The van der Waals surface area contributed by atoms with Crippen molar-refractivity contribution in [2.75, 3.05) is 4.90 Å². The van der Waals surface area contributed by atoms with E-state index in [1.54, 1.807) is 6.07 Å². The second kappa shape index (κ2) is 9.41. The lowest BCUT2D eigenvalue weighted by Crippen LogP contribution is -2.62. The highest BCUT2D eigenvalue weighted by Gasteiger charge is 2.58. The molecule has 0 radical (unpaired) electrons. The second-order valence-electron chi connectivity index (χ2n) is 9.82. The van der Waals surface area contributed by atoms with E-state index in [0.29, 0.717) is 30.4 Å². The van der Waals surface area contributed by atoms with Crippen molar-refractivity contribution in [2.45, 2.75) is 68.7 Å². The quantitative estimate of drug-likeness (QED) is 0.544. The van der Waals surface area contributed by atoms with Crippen LogP contribution < -0.4 is 10.2 Å². The number of carboxylic acids is 1. The van der Waals surface area contributed by atoms with Crippen LogP contribution in [0.4, 0.5) is 14.9 Å². The molecule has 0 bridgehead atoms. The normalized spacial score (nSPS) is 24.7. The second-order valence-corrected chi connectivity index (χ2v) is 9.82. The van der Waals surface area contributed by atoms with E-state index in [1.807, 2.05) is 30.3 Å². The average Bonchev–Trinajstić information content (AvgIpc) is 3.54. The Labute approximate surface area is 203 Å². The largest absolute Gasteiger partial charge is 0.480 e. The Balaban J connectivity index is 1.57. The van der Waals surface area contributed by atoms with Crippen LogP contribution in [0.5, 0.6) is 0 Å². The molecule has 2 aromatic carbocycles. The minimum atomic E-state index is -1.53. The maximum atomic E-state index is 14.5. The van der Waals surface area contributed by atoms with Crippen LogP contribution in [0.25, 0.3) is 0 Å². The van der Waals surface area contributed by atoms with Gasteiger partial charge in [-0.25, -0.2) is 9.18 Å². The molecule has 2 saturated carbocycles. The van der Waals surface area contributed by atoms with Crippen molar-refractivity contribution in [2.24, 2.45) is 5.92 Å². The lowest BCUT2D eigenvalue weighted by Gasteiger charge is -2.49. The fourth-order valence-electron chi connectivity index (χ4n) is 6.01. The molecule has 0 saturated heterocycles. The number of nitrogens with one attached hydrogen (secondary N) is 1. The summed E-state index contributed by atoms with van der Waals surface area (Å²) < 4.78 is 20.1. The molecule has 0 spiro atoms. The molecule has 2 aliphatic carbocycles. The van der Waals surface area contributed by atoms with Gasteiger partial charge in [0.25, 0.3) is 0 Å². The number of fused-ring (bicyclic) bond motifs is 2. The molecule has 2 unspecified atom stereocenters. The third kappa shape index (κ3) is 4.31. The molecule has 1 aliphatic heterocycles. The summed E-state index contributed by atoms with van der Waals surface area (Å²) in [4.78, 5) is 39.5. The number of anilines is 1. The monoisotopic (exact) mass is 480 g/mol. The average molecular weight is 481 g/mol.